The van der Waals surface area contributed by atoms with Gasteiger partial charge in [-0.15, -0.1) is 0 Å². The maximum absolute atomic E-state index is 15.6. The Balaban J connectivity index is 1.55. The molecule has 0 aliphatic carbocycles. The molecule has 5 rings (SSSR count). The quantitative estimate of drug-likeness (QED) is 0.490. The number of nitrogens with one attached hydrogen (secondary N) is 1. The number of pyridine rings is 2. The number of ether oxygens (including phenoxy) is 1. The first-order valence-corrected chi connectivity index (χ1v) is 12.5. The Bertz CT molecular complexity index is 1350. The molecule has 0 spiro atoms. The minimum atomic E-state index is -4.64. The molecular formula is C27H29F4N5O2. The zero-order valence-corrected chi connectivity index (χ0v) is 21.0. The average Bonchev–Trinajstić information content (AvgIpc) is 3.41. The Hall–Kier alpha value is -3.28. The van der Waals surface area contributed by atoms with Crippen molar-refractivity contribution in [2.24, 2.45) is 0 Å². The normalized spacial score (nSPS) is 18.8. The van der Waals surface area contributed by atoms with Gasteiger partial charge >= 0.3 is 6.18 Å². The number of anilines is 1. The summed E-state index contributed by atoms with van der Waals surface area (Å²) in [5, 5.41) is 3.40. The second kappa shape index (κ2) is 10.8. The molecule has 1 atom stereocenters. The van der Waals surface area contributed by atoms with Gasteiger partial charge < -0.3 is 19.9 Å². The minimum absolute atomic E-state index is 0.211. The molecule has 38 heavy (non-hydrogen) atoms. The van der Waals surface area contributed by atoms with Crippen LogP contribution in [0.5, 0.6) is 0 Å². The highest BCUT2D eigenvalue weighted by atomic mass is 19.4. The molecule has 11 heteroatoms. The highest BCUT2D eigenvalue weighted by Crippen LogP contribution is 2.34. The Labute approximate surface area is 217 Å². The van der Waals surface area contributed by atoms with Gasteiger partial charge in [0.15, 0.2) is 0 Å². The fourth-order valence-corrected chi connectivity index (χ4v) is 4.81. The standard InChI is InChI=1S/C27H29F4N5O2/c1-34-5-7-35(8-6-34)24-13-23(28)22(12-25(24)36-4-2-20(11-26(36)37)27(29,30)31)19-10-18(14-32-16-19)15-33-21-3-9-38-17-21/h2,4,10-14,16,21,33H,3,5-9,15,17H2,1H3/t21-/m1/s1. The van der Waals surface area contributed by atoms with Crippen molar-refractivity contribution in [1.82, 2.24) is 19.8 Å². The van der Waals surface area contributed by atoms with Crippen LogP contribution in [-0.4, -0.2) is 66.9 Å². The number of rotatable bonds is 6. The molecule has 0 radical (unpaired) electrons. The fourth-order valence-electron chi connectivity index (χ4n) is 4.81. The Morgan fingerprint density at radius 3 is 2.55 bits per heavy atom. The summed E-state index contributed by atoms with van der Waals surface area (Å²) >= 11 is 0. The summed E-state index contributed by atoms with van der Waals surface area (Å²) in [6.07, 6.45) is 0.613. The Kier molecular flexibility index (Phi) is 7.51. The smallest absolute Gasteiger partial charge is 0.380 e. The van der Waals surface area contributed by atoms with Gasteiger partial charge in [-0.3, -0.25) is 14.3 Å². The van der Waals surface area contributed by atoms with Crippen LogP contribution in [0.2, 0.25) is 0 Å². The van der Waals surface area contributed by atoms with E-state index in [2.05, 4.69) is 15.2 Å². The second-order valence-electron chi connectivity index (χ2n) is 9.76. The molecule has 1 aromatic carbocycles. The third kappa shape index (κ3) is 5.74. The van der Waals surface area contributed by atoms with E-state index < -0.39 is 23.1 Å². The van der Waals surface area contributed by atoms with Gasteiger partial charge in [0.1, 0.15) is 5.82 Å². The van der Waals surface area contributed by atoms with Crippen LogP contribution in [0.4, 0.5) is 23.2 Å². The molecule has 0 bridgehead atoms. The summed E-state index contributed by atoms with van der Waals surface area (Å²) in [5.74, 6) is -0.501. The number of benzene rings is 1. The molecule has 0 saturated carbocycles. The van der Waals surface area contributed by atoms with E-state index in [1.165, 1.54) is 18.3 Å². The number of hydrogen-bond acceptors (Lipinski definition) is 6. The van der Waals surface area contributed by atoms with E-state index in [1.54, 1.807) is 6.20 Å². The predicted octanol–water partition coefficient (Wildman–Crippen LogP) is 3.69. The third-order valence-electron chi connectivity index (χ3n) is 7.05. The van der Waals surface area contributed by atoms with Gasteiger partial charge in [-0.05, 0) is 43.3 Å². The van der Waals surface area contributed by atoms with Crippen molar-refractivity contribution in [1.29, 1.82) is 0 Å². The summed E-state index contributed by atoms with van der Waals surface area (Å²) in [6.45, 7) is 4.52. The lowest BCUT2D eigenvalue weighted by molar-refractivity contribution is -0.137. The van der Waals surface area contributed by atoms with E-state index >= 15 is 4.39 Å². The Morgan fingerprint density at radius 1 is 1.08 bits per heavy atom. The molecule has 2 aliphatic heterocycles. The summed E-state index contributed by atoms with van der Waals surface area (Å²) in [5.41, 5.74) is 0.468. The molecule has 1 N–H and O–H groups in total. The van der Waals surface area contributed by atoms with E-state index in [1.807, 2.05) is 18.0 Å². The van der Waals surface area contributed by atoms with Crippen LogP contribution in [0.3, 0.4) is 0 Å². The van der Waals surface area contributed by atoms with Crippen LogP contribution in [0.25, 0.3) is 16.8 Å². The summed E-state index contributed by atoms with van der Waals surface area (Å²) in [4.78, 5) is 21.2. The van der Waals surface area contributed by atoms with Gasteiger partial charge in [-0.1, -0.05) is 0 Å². The number of likely N-dealkylation sites (N-methyl/N-ethyl adjacent to an activating group) is 1. The molecule has 0 unspecified atom stereocenters. The first kappa shape index (κ1) is 26.3. The second-order valence-corrected chi connectivity index (χ2v) is 9.76. The van der Waals surface area contributed by atoms with E-state index in [0.717, 1.165) is 41.9 Å². The maximum atomic E-state index is 15.6. The molecule has 202 valence electrons. The predicted molar refractivity (Wildman–Crippen MR) is 136 cm³/mol. The number of nitrogens with zero attached hydrogens (tertiary/aromatic N) is 4. The zero-order valence-electron chi connectivity index (χ0n) is 21.0. The van der Waals surface area contributed by atoms with Crippen LogP contribution < -0.4 is 15.8 Å². The number of aromatic nitrogens is 2. The van der Waals surface area contributed by atoms with Crippen LogP contribution in [-0.2, 0) is 17.5 Å². The minimum Gasteiger partial charge on any atom is -0.380 e. The van der Waals surface area contributed by atoms with Crippen LogP contribution in [0.1, 0.15) is 17.5 Å². The van der Waals surface area contributed by atoms with Gasteiger partial charge in [0, 0.05) is 81.2 Å². The molecule has 7 nitrogen and oxygen atoms in total. The van der Waals surface area contributed by atoms with Crippen molar-refractivity contribution < 1.29 is 22.3 Å². The van der Waals surface area contributed by atoms with E-state index in [0.29, 0.717) is 55.9 Å². The molecule has 2 aromatic heterocycles. The molecule has 3 aromatic rings. The first-order valence-electron chi connectivity index (χ1n) is 12.5. The van der Waals surface area contributed by atoms with Gasteiger partial charge in [0.25, 0.3) is 5.56 Å². The first-order chi connectivity index (χ1) is 18.2. The van der Waals surface area contributed by atoms with Crippen LogP contribution in [0.15, 0.2) is 53.7 Å². The van der Waals surface area contributed by atoms with Crippen molar-refractivity contribution in [3.05, 3.63) is 76.2 Å². The van der Waals surface area contributed by atoms with Gasteiger partial charge in [-0.25, -0.2) is 4.39 Å². The third-order valence-corrected chi connectivity index (χ3v) is 7.05. The number of piperazine rings is 1. The van der Waals surface area contributed by atoms with Gasteiger partial charge in [-0.2, -0.15) is 13.2 Å². The van der Waals surface area contributed by atoms with Crippen molar-refractivity contribution in [2.75, 3.05) is 51.3 Å². The van der Waals surface area contributed by atoms with Crippen LogP contribution >= 0.6 is 0 Å². The molecule has 0 amide bonds. The lowest BCUT2D eigenvalue weighted by atomic mass is 10.0. The summed E-state index contributed by atoms with van der Waals surface area (Å²) in [6, 6.07) is 6.38. The maximum Gasteiger partial charge on any atom is 0.416 e. The van der Waals surface area contributed by atoms with E-state index in [9.17, 15) is 18.0 Å². The monoisotopic (exact) mass is 531 g/mol. The van der Waals surface area contributed by atoms with Crippen LogP contribution in [0, 0.1) is 5.82 Å². The summed E-state index contributed by atoms with van der Waals surface area (Å²) < 4.78 is 61.8. The highest BCUT2D eigenvalue weighted by Gasteiger charge is 2.31. The molecule has 2 saturated heterocycles. The summed E-state index contributed by atoms with van der Waals surface area (Å²) in [7, 11) is 1.98. The van der Waals surface area contributed by atoms with Crippen molar-refractivity contribution >= 4 is 5.69 Å². The lowest BCUT2D eigenvalue weighted by Crippen LogP contribution is -2.45. The average molecular weight is 532 g/mol. The number of hydrogen-bond donors (Lipinski definition) is 1. The largest absolute Gasteiger partial charge is 0.416 e. The van der Waals surface area contributed by atoms with Crippen molar-refractivity contribution in [3.8, 4) is 16.8 Å². The van der Waals surface area contributed by atoms with E-state index in [-0.39, 0.29) is 11.6 Å². The van der Waals surface area contributed by atoms with Gasteiger partial charge in [0.2, 0.25) is 0 Å². The lowest BCUT2D eigenvalue weighted by Gasteiger charge is -2.35. The van der Waals surface area contributed by atoms with Crippen molar-refractivity contribution in [3.63, 3.8) is 0 Å². The topological polar surface area (TPSA) is 62.6 Å². The zero-order chi connectivity index (χ0) is 26.9. The number of halogens is 4. The Morgan fingerprint density at radius 2 is 1.87 bits per heavy atom. The molecule has 2 fully saturated rings. The van der Waals surface area contributed by atoms with Gasteiger partial charge in [0.05, 0.1) is 23.5 Å². The van der Waals surface area contributed by atoms with E-state index in [4.69, 9.17) is 4.74 Å². The molecule has 4 heterocycles. The number of alkyl halides is 3. The SMILES string of the molecule is CN1CCN(c2cc(F)c(-c3cncc(CN[C@@H]4CCOC4)c3)cc2-n2ccc(C(F)(F)F)cc2=O)CC1. The molecule has 2 aliphatic rings. The molecular weight excluding hydrogens is 502 g/mol. The fraction of sp³-hybridized carbons (Fsp3) is 0.407. The highest BCUT2D eigenvalue weighted by molar-refractivity contribution is 5.74. The van der Waals surface area contributed by atoms with Crippen molar-refractivity contribution in [2.45, 2.75) is 25.2 Å².